The maximum Gasteiger partial charge on any atom is 0.309 e. The molecule has 0 bridgehead atoms. The Morgan fingerprint density at radius 2 is 1.90 bits per heavy atom. The first-order valence-electron chi connectivity index (χ1n) is 13.9. The van der Waals surface area contributed by atoms with Crippen molar-refractivity contribution in [3.05, 3.63) is 36.0 Å². The summed E-state index contributed by atoms with van der Waals surface area (Å²) in [6.45, 7) is 12.4. The van der Waals surface area contributed by atoms with Gasteiger partial charge in [0.25, 0.3) is 0 Å². The third-order valence-electron chi connectivity index (χ3n) is 7.37. The number of cyclic esters (lactones) is 1. The van der Waals surface area contributed by atoms with Crippen molar-refractivity contribution in [1.82, 2.24) is 0 Å². The molecule has 1 aliphatic rings. The number of rotatable bonds is 10. The van der Waals surface area contributed by atoms with Crippen LogP contribution in [0.25, 0.3) is 0 Å². The number of carbonyl (C=O) groups is 2. The summed E-state index contributed by atoms with van der Waals surface area (Å²) < 4.78 is 11.1. The fourth-order valence-electron chi connectivity index (χ4n) is 4.65. The molecule has 10 unspecified atom stereocenters. The zero-order valence-corrected chi connectivity index (χ0v) is 26.6. The molecule has 1 heterocycles. The van der Waals surface area contributed by atoms with Crippen molar-refractivity contribution < 1.29 is 39.5 Å². The summed E-state index contributed by atoms with van der Waals surface area (Å²) in [7, 11) is 0. The lowest BCUT2D eigenvalue weighted by molar-refractivity contribution is -0.157. The van der Waals surface area contributed by atoms with Gasteiger partial charge in [0.15, 0.2) is 0 Å². The molecule has 8 nitrogen and oxygen atoms in total. The second-order valence-electron chi connectivity index (χ2n) is 11.3. The minimum absolute atomic E-state index is 0.0168. The van der Waals surface area contributed by atoms with Crippen molar-refractivity contribution in [1.29, 1.82) is 0 Å². The van der Waals surface area contributed by atoms with E-state index in [1.54, 1.807) is 19.1 Å². The zero-order chi connectivity index (χ0) is 29.9. The van der Waals surface area contributed by atoms with Crippen molar-refractivity contribution in [2.75, 3.05) is 0 Å². The maximum atomic E-state index is 12.6. The van der Waals surface area contributed by atoms with Crippen LogP contribution in [0.5, 0.6) is 0 Å². The average molecular weight is 665 g/mol. The Labute approximate surface area is 247 Å². The molecule has 0 amide bonds. The van der Waals surface area contributed by atoms with Gasteiger partial charge in [-0.05, 0) is 63.0 Å². The van der Waals surface area contributed by atoms with E-state index in [2.05, 4.69) is 22.6 Å². The Morgan fingerprint density at radius 3 is 2.49 bits per heavy atom. The lowest BCUT2D eigenvalue weighted by Gasteiger charge is -2.32. The molecular formula is C30H49IO8. The van der Waals surface area contributed by atoms with Crippen molar-refractivity contribution >= 4 is 34.5 Å². The predicted molar refractivity (Wildman–Crippen MR) is 160 cm³/mol. The van der Waals surface area contributed by atoms with Gasteiger partial charge in [0, 0.05) is 16.8 Å². The summed E-state index contributed by atoms with van der Waals surface area (Å²) in [5.74, 6) is -1.32. The fourth-order valence-corrected chi connectivity index (χ4v) is 5.42. The Morgan fingerprint density at radius 1 is 1.26 bits per heavy atom. The van der Waals surface area contributed by atoms with Gasteiger partial charge in [0.2, 0.25) is 0 Å². The number of allylic oxidation sites excluding steroid dienone is 3. The molecule has 0 aromatic rings. The average Bonchev–Trinajstić information content (AvgIpc) is 2.85. The Bertz CT molecular complexity index is 867. The van der Waals surface area contributed by atoms with Crippen LogP contribution < -0.4 is 0 Å². The molecule has 0 saturated heterocycles. The highest BCUT2D eigenvalue weighted by Gasteiger charge is 2.35. The van der Waals surface area contributed by atoms with Crippen LogP contribution in [0, 0.1) is 17.8 Å². The van der Waals surface area contributed by atoms with Gasteiger partial charge in [0.05, 0.1) is 24.7 Å². The van der Waals surface area contributed by atoms with Crippen molar-refractivity contribution in [2.24, 2.45) is 17.8 Å². The minimum Gasteiger partial charge on any atom is -0.457 e. The van der Waals surface area contributed by atoms with Crippen molar-refractivity contribution in [3.8, 4) is 0 Å². The predicted octanol–water partition coefficient (Wildman–Crippen LogP) is 4.42. The van der Waals surface area contributed by atoms with E-state index < -0.39 is 48.1 Å². The number of hydrogen-bond donors (Lipinski definition) is 4. The molecule has 0 aliphatic carbocycles. The van der Waals surface area contributed by atoms with Gasteiger partial charge < -0.3 is 29.9 Å². The first kappa shape index (κ1) is 35.8. The molecular weight excluding hydrogens is 615 g/mol. The summed E-state index contributed by atoms with van der Waals surface area (Å²) in [5.41, 5.74) is -0.641. The normalized spacial score (nSPS) is 31.4. The topological polar surface area (TPSA) is 134 Å². The van der Waals surface area contributed by atoms with Gasteiger partial charge in [-0.15, -0.1) is 0 Å². The number of halogens is 1. The minimum atomic E-state index is -1.42. The number of esters is 2. The van der Waals surface area contributed by atoms with Crippen LogP contribution in [-0.2, 0) is 19.1 Å². The van der Waals surface area contributed by atoms with E-state index in [0.717, 1.165) is 5.57 Å². The SMILES string of the molecule is CCC(O)C(C)C(I)C(O)CC(C)C=CC=C(C)C1OC(=O)CC(O)CCC(C)(O)C(OC(C)=O)C=CC1C. The number of carbonyl (C=O) groups excluding carboxylic acids is 2. The number of ether oxygens (including phenoxy) is 2. The zero-order valence-electron chi connectivity index (χ0n) is 24.4. The monoisotopic (exact) mass is 664 g/mol. The molecule has 0 radical (unpaired) electrons. The van der Waals surface area contributed by atoms with E-state index >= 15 is 0 Å². The summed E-state index contributed by atoms with van der Waals surface area (Å²) >= 11 is 2.21. The molecule has 0 aromatic heterocycles. The van der Waals surface area contributed by atoms with Crippen LogP contribution in [0.2, 0.25) is 0 Å². The number of alkyl halides is 1. The summed E-state index contributed by atoms with van der Waals surface area (Å²) in [4.78, 5) is 24.3. The van der Waals surface area contributed by atoms with Gasteiger partial charge in [-0.2, -0.15) is 0 Å². The number of aliphatic hydroxyl groups excluding tert-OH is 3. The Hall–Kier alpha value is -1.27. The number of hydrogen-bond acceptors (Lipinski definition) is 8. The van der Waals surface area contributed by atoms with Gasteiger partial charge in [0.1, 0.15) is 17.8 Å². The van der Waals surface area contributed by atoms with E-state index in [9.17, 15) is 30.0 Å². The van der Waals surface area contributed by atoms with Gasteiger partial charge in [-0.1, -0.05) is 74.6 Å². The van der Waals surface area contributed by atoms with E-state index in [4.69, 9.17) is 9.47 Å². The lowest BCUT2D eigenvalue weighted by atomic mass is 9.88. The molecule has 4 N–H and O–H groups in total. The largest absolute Gasteiger partial charge is 0.457 e. The van der Waals surface area contributed by atoms with Crippen molar-refractivity contribution in [3.63, 3.8) is 0 Å². The highest BCUT2D eigenvalue weighted by molar-refractivity contribution is 14.1. The summed E-state index contributed by atoms with van der Waals surface area (Å²) in [6.07, 6.45) is 6.81. The van der Waals surface area contributed by atoms with Crippen molar-refractivity contribution in [2.45, 2.75) is 121 Å². The summed E-state index contributed by atoms with van der Waals surface area (Å²) in [5, 5.41) is 42.1. The second-order valence-corrected chi connectivity index (χ2v) is 12.7. The first-order chi connectivity index (χ1) is 18.1. The Kier molecular flexibility index (Phi) is 15.5. The molecule has 0 aromatic carbocycles. The second kappa shape index (κ2) is 16.9. The lowest BCUT2D eigenvalue weighted by Crippen LogP contribution is -2.42. The van der Waals surface area contributed by atoms with Crippen LogP contribution in [0.4, 0.5) is 0 Å². The number of aliphatic hydroxyl groups is 4. The molecule has 0 spiro atoms. The molecule has 9 heteroatoms. The highest BCUT2D eigenvalue weighted by atomic mass is 127. The summed E-state index contributed by atoms with van der Waals surface area (Å²) in [6, 6.07) is 0. The third-order valence-corrected chi connectivity index (χ3v) is 9.34. The quantitative estimate of drug-likeness (QED) is 0.0888. The molecule has 0 fully saturated rings. The van der Waals surface area contributed by atoms with E-state index in [0.29, 0.717) is 12.8 Å². The van der Waals surface area contributed by atoms with Crippen LogP contribution in [0.3, 0.4) is 0 Å². The third kappa shape index (κ3) is 12.4. The van der Waals surface area contributed by atoms with Gasteiger partial charge >= 0.3 is 11.9 Å². The smallest absolute Gasteiger partial charge is 0.309 e. The first-order valence-corrected chi connectivity index (χ1v) is 15.1. The molecule has 224 valence electrons. The highest BCUT2D eigenvalue weighted by Crippen LogP contribution is 2.28. The molecule has 1 rings (SSSR count). The van der Waals surface area contributed by atoms with Crippen LogP contribution in [0.15, 0.2) is 36.0 Å². The van der Waals surface area contributed by atoms with Crippen LogP contribution in [0.1, 0.15) is 80.6 Å². The molecule has 0 saturated carbocycles. The molecule has 1 aliphatic heterocycles. The van der Waals surface area contributed by atoms with Crippen LogP contribution in [-0.4, -0.2) is 72.4 Å². The van der Waals surface area contributed by atoms with Crippen LogP contribution >= 0.6 is 22.6 Å². The molecule has 39 heavy (non-hydrogen) atoms. The van der Waals surface area contributed by atoms with E-state index in [1.807, 2.05) is 52.8 Å². The maximum absolute atomic E-state index is 12.6. The van der Waals surface area contributed by atoms with E-state index in [1.165, 1.54) is 6.92 Å². The molecule has 10 atom stereocenters. The van der Waals surface area contributed by atoms with Gasteiger partial charge in [-0.3, -0.25) is 9.59 Å². The Balaban J connectivity index is 3.07. The standard InChI is InChI=1S/C30H49IO8/c1-8-24(34)21(5)28(31)25(35)16-18(2)10-9-11-19(3)29-20(4)12-13-26(38-22(6)32)30(7,37)15-14-23(33)17-27(36)39-29/h9-13,18,20-21,23-26,28-29,33-35,37H,8,14-17H2,1-7H3. The fraction of sp³-hybridized carbons (Fsp3) is 0.733. The van der Waals surface area contributed by atoms with E-state index in [-0.39, 0.29) is 40.9 Å². The van der Waals surface area contributed by atoms with Gasteiger partial charge in [-0.25, -0.2) is 0 Å².